The predicted molar refractivity (Wildman–Crippen MR) is 76.6 cm³/mol. The zero-order valence-electron chi connectivity index (χ0n) is 10.7. The summed E-state index contributed by atoms with van der Waals surface area (Å²) in [6, 6.07) is 16.5. The highest BCUT2D eigenvalue weighted by molar-refractivity contribution is 6.10. The van der Waals surface area contributed by atoms with Crippen molar-refractivity contribution < 1.29 is 9.53 Å². The Morgan fingerprint density at radius 1 is 1.05 bits per heavy atom. The lowest BCUT2D eigenvalue weighted by Crippen LogP contribution is -2.06. The van der Waals surface area contributed by atoms with Crippen LogP contribution in [0.5, 0.6) is 5.75 Å². The minimum atomic E-state index is -0.0187. The van der Waals surface area contributed by atoms with Crippen LogP contribution in [0.3, 0.4) is 0 Å². The van der Waals surface area contributed by atoms with E-state index in [2.05, 4.69) is 6.58 Å². The van der Waals surface area contributed by atoms with Crippen molar-refractivity contribution in [3.05, 3.63) is 78.4 Å². The Bertz CT molecular complexity index is 558. The Labute approximate surface area is 113 Å². The zero-order chi connectivity index (χ0) is 13.5. The van der Waals surface area contributed by atoms with Gasteiger partial charge in [-0.05, 0) is 18.6 Å². The highest BCUT2D eigenvalue weighted by Gasteiger charge is 2.13. The minimum absolute atomic E-state index is 0.0187. The van der Waals surface area contributed by atoms with Crippen LogP contribution in [0.1, 0.15) is 22.3 Å². The van der Waals surface area contributed by atoms with Crippen molar-refractivity contribution >= 4 is 5.78 Å². The van der Waals surface area contributed by atoms with Gasteiger partial charge in [0.15, 0.2) is 5.78 Å². The summed E-state index contributed by atoms with van der Waals surface area (Å²) in [5.41, 5.74) is 1.26. The lowest BCUT2D eigenvalue weighted by molar-refractivity contribution is 0.103. The van der Waals surface area contributed by atoms with Crippen LogP contribution < -0.4 is 4.74 Å². The molecule has 0 unspecified atom stereocenters. The molecule has 0 aliphatic rings. The highest BCUT2D eigenvalue weighted by Crippen LogP contribution is 2.21. The van der Waals surface area contributed by atoms with Crippen molar-refractivity contribution in [3.63, 3.8) is 0 Å². The third kappa shape index (κ3) is 3.32. The SMILES string of the molecule is C=CCCOc1ccccc1C(=O)c1ccccc1. The van der Waals surface area contributed by atoms with Gasteiger partial charge >= 0.3 is 0 Å². The average Bonchev–Trinajstić information content (AvgIpc) is 2.48. The number of ether oxygens (including phenoxy) is 1. The number of para-hydroxylation sites is 1. The van der Waals surface area contributed by atoms with Gasteiger partial charge in [-0.25, -0.2) is 0 Å². The molecule has 2 aromatic rings. The number of ketones is 1. The van der Waals surface area contributed by atoms with E-state index in [1.165, 1.54) is 0 Å². The van der Waals surface area contributed by atoms with Gasteiger partial charge in [0.05, 0.1) is 12.2 Å². The van der Waals surface area contributed by atoms with Crippen LogP contribution in [-0.4, -0.2) is 12.4 Å². The molecule has 2 rings (SSSR count). The molecule has 2 aromatic carbocycles. The van der Waals surface area contributed by atoms with E-state index >= 15 is 0 Å². The first-order valence-corrected chi connectivity index (χ1v) is 6.25. The van der Waals surface area contributed by atoms with Crippen molar-refractivity contribution in [2.75, 3.05) is 6.61 Å². The maximum Gasteiger partial charge on any atom is 0.196 e. The maximum absolute atomic E-state index is 12.4. The molecule has 0 spiro atoms. The van der Waals surface area contributed by atoms with Gasteiger partial charge in [-0.2, -0.15) is 0 Å². The van der Waals surface area contributed by atoms with Crippen LogP contribution in [0.2, 0.25) is 0 Å². The molecule has 0 N–H and O–H groups in total. The molecule has 2 heteroatoms. The highest BCUT2D eigenvalue weighted by atomic mass is 16.5. The molecule has 0 fully saturated rings. The first-order chi connectivity index (χ1) is 9.33. The van der Waals surface area contributed by atoms with Crippen molar-refractivity contribution in [3.8, 4) is 5.75 Å². The standard InChI is InChI=1S/C17H16O2/c1-2-3-13-19-16-12-8-7-11-15(16)17(18)14-9-5-4-6-10-14/h2,4-12H,1,3,13H2. The van der Waals surface area contributed by atoms with Gasteiger partial charge in [0.1, 0.15) is 5.75 Å². The van der Waals surface area contributed by atoms with Crippen LogP contribution in [0, 0.1) is 0 Å². The summed E-state index contributed by atoms with van der Waals surface area (Å²) in [7, 11) is 0. The van der Waals surface area contributed by atoms with E-state index in [0.717, 1.165) is 6.42 Å². The number of carbonyl (C=O) groups excluding carboxylic acids is 1. The largest absolute Gasteiger partial charge is 0.492 e. The number of carbonyl (C=O) groups is 1. The molecule has 0 aliphatic heterocycles. The number of hydrogen-bond donors (Lipinski definition) is 0. The lowest BCUT2D eigenvalue weighted by Gasteiger charge is -2.10. The molecule has 96 valence electrons. The van der Waals surface area contributed by atoms with E-state index in [-0.39, 0.29) is 5.78 Å². The summed E-state index contributed by atoms with van der Waals surface area (Å²) in [5.74, 6) is 0.605. The van der Waals surface area contributed by atoms with Crippen molar-refractivity contribution in [1.82, 2.24) is 0 Å². The fourth-order valence-corrected chi connectivity index (χ4v) is 1.78. The van der Waals surface area contributed by atoms with Crippen LogP contribution in [-0.2, 0) is 0 Å². The molecule has 0 saturated heterocycles. The number of hydrogen-bond acceptors (Lipinski definition) is 2. The Morgan fingerprint density at radius 2 is 1.74 bits per heavy atom. The molecular weight excluding hydrogens is 236 g/mol. The van der Waals surface area contributed by atoms with Crippen LogP contribution in [0.25, 0.3) is 0 Å². The van der Waals surface area contributed by atoms with Gasteiger partial charge in [-0.1, -0.05) is 48.5 Å². The summed E-state index contributed by atoms with van der Waals surface area (Å²) in [6.45, 7) is 4.18. The molecular formula is C17H16O2. The summed E-state index contributed by atoms with van der Waals surface area (Å²) in [5, 5.41) is 0. The van der Waals surface area contributed by atoms with Gasteiger partial charge in [0.25, 0.3) is 0 Å². The second kappa shape index (κ2) is 6.55. The molecule has 0 aromatic heterocycles. The van der Waals surface area contributed by atoms with Crippen molar-refractivity contribution in [2.45, 2.75) is 6.42 Å². The number of rotatable bonds is 6. The van der Waals surface area contributed by atoms with Gasteiger partial charge < -0.3 is 4.74 Å². The van der Waals surface area contributed by atoms with E-state index in [4.69, 9.17) is 4.74 Å². The van der Waals surface area contributed by atoms with Crippen LogP contribution in [0.15, 0.2) is 67.3 Å². The topological polar surface area (TPSA) is 26.3 Å². The van der Waals surface area contributed by atoms with E-state index in [9.17, 15) is 4.79 Å². The molecule has 19 heavy (non-hydrogen) atoms. The normalized spacial score (nSPS) is 9.89. The Kier molecular flexibility index (Phi) is 4.51. The summed E-state index contributed by atoms with van der Waals surface area (Å²) < 4.78 is 5.63. The van der Waals surface area contributed by atoms with E-state index in [1.807, 2.05) is 48.5 Å². The minimum Gasteiger partial charge on any atom is -0.492 e. The number of benzene rings is 2. The molecule has 0 amide bonds. The third-order valence-corrected chi connectivity index (χ3v) is 2.75. The Balaban J connectivity index is 2.24. The van der Waals surface area contributed by atoms with Crippen molar-refractivity contribution in [2.24, 2.45) is 0 Å². The van der Waals surface area contributed by atoms with Crippen molar-refractivity contribution in [1.29, 1.82) is 0 Å². The van der Waals surface area contributed by atoms with Gasteiger partial charge in [0.2, 0.25) is 0 Å². The Hall–Kier alpha value is -2.35. The van der Waals surface area contributed by atoms with Gasteiger partial charge in [0, 0.05) is 5.56 Å². The van der Waals surface area contributed by atoms with E-state index in [1.54, 1.807) is 12.1 Å². The zero-order valence-corrected chi connectivity index (χ0v) is 10.7. The third-order valence-electron chi connectivity index (χ3n) is 2.75. The second-order valence-corrected chi connectivity index (χ2v) is 4.12. The fraction of sp³-hybridized carbons (Fsp3) is 0.118. The second-order valence-electron chi connectivity index (χ2n) is 4.12. The van der Waals surface area contributed by atoms with E-state index in [0.29, 0.717) is 23.5 Å². The predicted octanol–water partition coefficient (Wildman–Crippen LogP) is 3.87. The van der Waals surface area contributed by atoms with Crippen LogP contribution in [0.4, 0.5) is 0 Å². The van der Waals surface area contributed by atoms with E-state index < -0.39 is 0 Å². The lowest BCUT2D eigenvalue weighted by atomic mass is 10.0. The molecule has 0 radical (unpaired) electrons. The summed E-state index contributed by atoms with van der Waals surface area (Å²) >= 11 is 0. The Morgan fingerprint density at radius 3 is 2.47 bits per heavy atom. The first-order valence-electron chi connectivity index (χ1n) is 6.25. The average molecular weight is 252 g/mol. The molecule has 0 heterocycles. The summed E-state index contributed by atoms with van der Waals surface area (Å²) in [4.78, 5) is 12.4. The molecule has 2 nitrogen and oxygen atoms in total. The monoisotopic (exact) mass is 252 g/mol. The summed E-state index contributed by atoms with van der Waals surface area (Å²) in [6.07, 6.45) is 2.55. The molecule has 0 bridgehead atoms. The molecule has 0 saturated carbocycles. The maximum atomic E-state index is 12.4. The van der Waals surface area contributed by atoms with Crippen LogP contribution >= 0.6 is 0 Å². The molecule has 0 atom stereocenters. The van der Waals surface area contributed by atoms with Gasteiger partial charge in [-0.3, -0.25) is 4.79 Å². The first kappa shape index (κ1) is 13.1. The van der Waals surface area contributed by atoms with Gasteiger partial charge in [-0.15, -0.1) is 6.58 Å². The molecule has 0 aliphatic carbocycles. The fourth-order valence-electron chi connectivity index (χ4n) is 1.78. The quantitative estimate of drug-likeness (QED) is 0.443. The smallest absolute Gasteiger partial charge is 0.196 e.